The molecule has 41 heavy (non-hydrogen) atoms. The lowest BCUT2D eigenvalue weighted by atomic mass is 10.0. The van der Waals surface area contributed by atoms with Gasteiger partial charge in [0.05, 0.1) is 17.0 Å². The molecule has 0 unspecified atom stereocenters. The third-order valence-electron chi connectivity index (χ3n) is 7.08. The maximum atomic E-state index is 14.1. The van der Waals surface area contributed by atoms with E-state index >= 15 is 0 Å². The van der Waals surface area contributed by atoms with Crippen molar-refractivity contribution in [3.63, 3.8) is 0 Å². The minimum absolute atomic E-state index is 0.0254. The zero-order valence-electron chi connectivity index (χ0n) is 22.6. The van der Waals surface area contributed by atoms with Gasteiger partial charge < -0.3 is 10.2 Å². The molecule has 218 valence electrons. The molecule has 7 nitrogen and oxygen atoms in total. The van der Waals surface area contributed by atoms with Crippen molar-refractivity contribution in [2.24, 2.45) is 0 Å². The first-order valence-electron chi connectivity index (χ1n) is 13.3. The van der Waals surface area contributed by atoms with Crippen LogP contribution in [-0.2, 0) is 32.6 Å². The van der Waals surface area contributed by atoms with Gasteiger partial charge in [-0.1, -0.05) is 82.8 Å². The molecule has 1 saturated carbocycles. The zero-order valence-corrected chi connectivity index (χ0v) is 25.8. The number of hydrogen-bond donors (Lipinski definition) is 1. The van der Waals surface area contributed by atoms with Crippen molar-refractivity contribution in [1.29, 1.82) is 0 Å². The quantitative estimate of drug-likeness (QED) is 0.285. The van der Waals surface area contributed by atoms with Gasteiger partial charge in [0.1, 0.15) is 18.4 Å². The number of rotatable bonds is 11. The Kier molecular flexibility index (Phi) is 10.4. The van der Waals surface area contributed by atoms with Crippen LogP contribution in [0.4, 0.5) is 10.1 Å². The molecule has 1 fully saturated rings. The van der Waals surface area contributed by atoms with Crippen LogP contribution in [0, 0.1) is 5.82 Å². The minimum Gasteiger partial charge on any atom is -0.352 e. The van der Waals surface area contributed by atoms with Crippen molar-refractivity contribution in [2.75, 3.05) is 17.1 Å². The Morgan fingerprint density at radius 1 is 1.02 bits per heavy atom. The van der Waals surface area contributed by atoms with Gasteiger partial charge in [-0.2, -0.15) is 0 Å². The molecule has 0 radical (unpaired) electrons. The molecule has 0 aromatic heterocycles. The van der Waals surface area contributed by atoms with Crippen molar-refractivity contribution in [3.8, 4) is 0 Å². The van der Waals surface area contributed by atoms with E-state index in [1.807, 2.05) is 54.6 Å². The normalized spacial score (nSPS) is 14.4. The molecule has 0 saturated heterocycles. The van der Waals surface area contributed by atoms with Crippen LogP contribution < -0.4 is 9.62 Å². The van der Waals surface area contributed by atoms with Crippen LogP contribution in [0.1, 0.15) is 36.8 Å². The van der Waals surface area contributed by atoms with E-state index in [1.165, 1.54) is 11.0 Å². The standard InChI is InChI=1S/C30H32BrClFN3O4S/c1-41(39,40)36(25-14-15-27(33)26(32)18-25)20-29(37)35(19-22-10-7-11-23(31)16-22)28(17-21-8-3-2-4-9-21)30(38)34-24-12-5-6-13-24/h2-4,7-11,14-16,18,24,28H,5-6,12-13,17,19-20H2,1H3,(H,34,38)/t28-/m1/s1. The number of nitrogens with one attached hydrogen (secondary N) is 1. The lowest BCUT2D eigenvalue weighted by molar-refractivity contribution is -0.140. The lowest BCUT2D eigenvalue weighted by Gasteiger charge is -2.34. The second kappa shape index (κ2) is 13.8. The molecule has 1 aliphatic rings. The second-order valence-corrected chi connectivity index (χ2v) is 13.4. The van der Waals surface area contributed by atoms with Crippen molar-refractivity contribution < 1.29 is 22.4 Å². The first-order chi connectivity index (χ1) is 19.5. The largest absolute Gasteiger partial charge is 0.352 e. The summed E-state index contributed by atoms with van der Waals surface area (Å²) in [6.45, 7) is -0.535. The highest BCUT2D eigenvalue weighted by Crippen LogP contribution is 2.26. The number of carbonyl (C=O) groups excluding carboxylic acids is 2. The molecule has 1 N–H and O–H groups in total. The van der Waals surface area contributed by atoms with Gasteiger partial charge in [0, 0.05) is 23.5 Å². The molecule has 0 bridgehead atoms. The molecule has 0 aliphatic heterocycles. The molecule has 3 aromatic carbocycles. The predicted octanol–water partition coefficient (Wildman–Crippen LogP) is 5.71. The van der Waals surface area contributed by atoms with Gasteiger partial charge in [0.2, 0.25) is 21.8 Å². The van der Waals surface area contributed by atoms with Crippen molar-refractivity contribution >= 4 is 55.1 Å². The van der Waals surface area contributed by atoms with Crippen LogP contribution in [0.5, 0.6) is 0 Å². The average molecular weight is 665 g/mol. The van der Waals surface area contributed by atoms with Crippen LogP contribution >= 0.6 is 27.5 Å². The summed E-state index contributed by atoms with van der Waals surface area (Å²) in [4.78, 5) is 29.4. The SMILES string of the molecule is CS(=O)(=O)N(CC(=O)N(Cc1cccc(Br)c1)[C@H](Cc1ccccc1)C(=O)NC1CCCC1)c1ccc(F)c(Cl)c1. The third-order valence-corrected chi connectivity index (χ3v) is 9.01. The molecule has 0 spiro atoms. The fourth-order valence-corrected chi connectivity index (χ4v) is 6.47. The Balaban J connectivity index is 1.73. The second-order valence-electron chi connectivity index (χ2n) is 10.2. The topological polar surface area (TPSA) is 86.8 Å². The van der Waals surface area contributed by atoms with E-state index in [1.54, 1.807) is 0 Å². The van der Waals surface area contributed by atoms with Gasteiger partial charge in [-0.05, 0) is 54.3 Å². The molecule has 11 heteroatoms. The summed E-state index contributed by atoms with van der Waals surface area (Å²) in [5.41, 5.74) is 1.66. The Morgan fingerprint density at radius 3 is 2.34 bits per heavy atom. The Morgan fingerprint density at radius 2 is 1.71 bits per heavy atom. The maximum absolute atomic E-state index is 14.1. The Hall–Kier alpha value is -2.95. The number of carbonyl (C=O) groups is 2. The minimum atomic E-state index is -3.98. The predicted molar refractivity (Wildman–Crippen MR) is 163 cm³/mol. The number of nitrogens with zero attached hydrogens (tertiary/aromatic N) is 2. The summed E-state index contributed by atoms with van der Waals surface area (Å²) >= 11 is 9.41. The van der Waals surface area contributed by atoms with Gasteiger partial charge in [-0.25, -0.2) is 12.8 Å². The number of hydrogen-bond acceptors (Lipinski definition) is 4. The summed E-state index contributed by atoms with van der Waals surface area (Å²) in [7, 11) is -3.98. The van der Waals surface area contributed by atoms with E-state index in [4.69, 9.17) is 11.6 Å². The van der Waals surface area contributed by atoms with Crippen molar-refractivity contribution in [2.45, 2.75) is 50.7 Å². The fraction of sp³-hybridized carbons (Fsp3) is 0.333. The van der Waals surface area contributed by atoms with Crippen molar-refractivity contribution in [3.05, 3.63) is 99.2 Å². The van der Waals surface area contributed by atoms with Gasteiger partial charge in [-0.15, -0.1) is 0 Å². The van der Waals surface area contributed by atoms with Crippen LogP contribution in [0.2, 0.25) is 5.02 Å². The number of anilines is 1. The van der Waals surface area contributed by atoms with E-state index in [2.05, 4.69) is 21.2 Å². The average Bonchev–Trinajstić information content (AvgIpc) is 3.44. The number of benzene rings is 3. The maximum Gasteiger partial charge on any atom is 0.244 e. The fourth-order valence-electron chi connectivity index (χ4n) is 5.01. The molecule has 1 aliphatic carbocycles. The third kappa shape index (κ3) is 8.53. The van der Waals surface area contributed by atoms with E-state index in [9.17, 15) is 22.4 Å². The molecule has 4 rings (SSSR count). The lowest BCUT2D eigenvalue weighted by Crippen LogP contribution is -2.54. The smallest absolute Gasteiger partial charge is 0.244 e. The van der Waals surface area contributed by atoms with Gasteiger partial charge >= 0.3 is 0 Å². The molecule has 0 heterocycles. The van der Waals surface area contributed by atoms with E-state index in [-0.39, 0.29) is 35.6 Å². The molecular weight excluding hydrogens is 633 g/mol. The monoisotopic (exact) mass is 663 g/mol. The van der Waals surface area contributed by atoms with E-state index < -0.39 is 34.3 Å². The summed E-state index contributed by atoms with van der Waals surface area (Å²) in [5.74, 6) is -1.59. The first-order valence-corrected chi connectivity index (χ1v) is 16.3. The van der Waals surface area contributed by atoms with Gasteiger partial charge in [0.15, 0.2) is 0 Å². The van der Waals surface area contributed by atoms with Gasteiger partial charge in [-0.3, -0.25) is 13.9 Å². The summed E-state index contributed by atoms with van der Waals surface area (Å²) in [6, 6.07) is 19.3. The van der Waals surface area contributed by atoms with Crippen LogP contribution in [0.15, 0.2) is 77.3 Å². The highest BCUT2D eigenvalue weighted by atomic mass is 79.9. The summed E-state index contributed by atoms with van der Waals surface area (Å²) in [6.07, 6.45) is 5.00. The molecule has 2 amide bonds. The van der Waals surface area contributed by atoms with Crippen LogP contribution in [0.3, 0.4) is 0 Å². The molecule has 3 aromatic rings. The van der Waals surface area contributed by atoms with E-state index in [0.717, 1.165) is 64.0 Å². The molecular formula is C30H32BrClFN3O4S. The van der Waals surface area contributed by atoms with Crippen LogP contribution in [-0.4, -0.2) is 50.0 Å². The molecule has 1 atom stereocenters. The highest BCUT2D eigenvalue weighted by Gasteiger charge is 2.34. The van der Waals surface area contributed by atoms with Crippen molar-refractivity contribution in [1.82, 2.24) is 10.2 Å². The highest BCUT2D eigenvalue weighted by molar-refractivity contribution is 9.10. The van der Waals surface area contributed by atoms with Gasteiger partial charge in [0.25, 0.3) is 0 Å². The number of sulfonamides is 1. The Labute approximate surface area is 253 Å². The summed E-state index contributed by atoms with van der Waals surface area (Å²) < 4.78 is 41.2. The number of amides is 2. The Bertz CT molecular complexity index is 1490. The summed E-state index contributed by atoms with van der Waals surface area (Å²) in [5, 5.41) is 2.86. The first kappa shape index (κ1) is 31.0. The van der Waals surface area contributed by atoms with E-state index in [0.29, 0.717) is 0 Å². The van der Waals surface area contributed by atoms with Crippen LogP contribution in [0.25, 0.3) is 0 Å². The number of halogens is 3. The zero-order chi connectivity index (χ0) is 29.6.